The van der Waals surface area contributed by atoms with Crippen LogP contribution in [0.2, 0.25) is 5.02 Å². The first-order valence-electron chi connectivity index (χ1n) is 7.90. The predicted molar refractivity (Wildman–Crippen MR) is 93.7 cm³/mol. The van der Waals surface area contributed by atoms with Gasteiger partial charge in [0.15, 0.2) is 0 Å². The van der Waals surface area contributed by atoms with E-state index in [1.54, 1.807) is 31.2 Å². The van der Waals surface area contributed by atoms with E-state index in [1.165, 1.54) is 6.08 Å². The molecule has 0 fully saturated rings. The summed E-state index contributed by atoms with van der Waals surface area (Å²) in [4.78, 5) is 25.0. The predicted octanol–water partition coefficient (Wildman–Crippen LogP) is 2.14. The summed E-state index contributed by atoms with van der Waals surface area (Å²) in [5, 5.41) is 16.8. The minimum atomic E-state index is -1.39. The molecule has 1 heterocycles. The second kappa shape index (κ2) is 6.54. The number of aliphatic hydroxyl groups is 1. The molecule has 6 nitrogen and oxygen atoms in total. The summed E-state index contributed by atoms with van der Waals surface area (Å²) in [5.74, 6) is -2.16. The number of aromatic amines is 2. The molecule has 1 aliphatic carbocycles. The summed E-state index contributed by atoms with van der Waals surface area (Å²) in [7, 11) is 0. The van der Waals surface area contributed by atoms with Gasteiger partial charge < -0.3 is 14.9 Å². The van der Waals surface area contributed by atoms with E-state index in [9.17, 15) is 14.7 Å². The number of ether oxygens (including phenoxy) is 1. The van der Waals surface area contributed by atoms with Gasteiger partial charge in [-0.05, 0) is 24.6 Å². The Kier molecular flexibility index (Phi) is 4.58. The zero-order valence-electron chi connectivity index (χ0n) is 13.7. The van der Waals surface area contributed by atoms with E-state index in [4.69, 9.17) is 16.3 Å². The van der Waals surface area contributed by atoms with Crippen LogP contribution in [0.5, 0.6) is 0 Å². The van der Waals surface area contributed by atoms with Gasteiger partial charge >= 0.3 is 5.97 Å². The van der Waals surface area contributed by atoms with Gasteiger partial charge in [-0.15, -0.1) is 0 Å². The van der Waals surface area contributed by atoms with E-state index >= 15 is 0 Å². The number of benzene rings is 1. The van der Waals surface area contributed by atoms with Gasteiger partial charge in [-0.3, -0.25) is 14.7 Å². The van der Waals surface area contributed by atoms with Gasteiger partial charge in [0.2, 0.25) is 0 Å². The van der Waals surface area contributed by atoms with Gasteiger partial charge in [0.1, 0.15) is 6.61 Å². The highest BCUT2D eigenvalue weighted by Gasteiger charge is 2.51. The molecule has 0 amide bonds. The average Bonchev–Trinajstić information content (AvgIpc) is 2.91. The van der Waals surface area contributed by atoms with E-state index in [2.05, 4.69) is 16.8 Å². The number of rotatable bonds is 4. The fourth-order valence-electron chi connectivity index (χ4n) is 3.52. The Hall–Kier alpha value is -2.31. The molecule has 0 radical (unpaired) electrons. The minimum absolute atomic E-state index is 0.0368. The standard InChI is InChI=1S/C18H19ClN2O4/c1-3-8-25-17(23)15-13(10-4-6-11(19)7-5-10)14-12(9-18(15,2)24)20-21-16(14)22/h3-7,13,15,24H,1,8-9H2,2H3,(H2,20,21,22)/t13-,15-,18-/m0/s1. The van der Waals surface area contributed by atoms with Crippen LogP contribution in [0.3, 0.4) is 0 Å². The molecule has 25 heavy (non-hydrogen) atoms. The van der Waals surface area contributed by atoms with Crippen molar-refractivity contribution >= 4 is 17.6 Å². The molecule has 132 valence electrons. The molecule has 1 aliphatic rings. The van der Waals surface area contributed by atoms with Gasteiger partial charge in [0.25, 0.3) is 5.56 Å². The molecule has 0 unspecified atom stereocenters. The van der Waals surface area contributed by atoms with E-state index in [0.717, 1.165) is 0 Å². The molecule has 0 saturated carbocycles. The number of esters is 1. The number of carbonyl (C=O) groups is 1. The second-order valence-corrected chi connectivity index (χ2v) is 6.87. The van der Waals surface area contributed by atoms with Crippen molar-refractivity contribution in [3.63, 3.8) is 0 Å². The third-order valence-electron chi connectivity index (χ3n) is 4.57. The number of aromatic nitrogens is 2. The Morgan fingerprint density at radius 3 is 2.76 bits per heavy atom. The lowest BCUT2D eigenvalue weighted by Gasteiger charge is -2.40. The van der Waals surface area contributed by atoms with Crippen LogP contribution in [-0.2, 0) is 16.0 Å². The van der Waals surface area contributed by atoms with Gasteiger partial charge in [0, 0.05) is 28.6 Å². The lowest BCUT2D eigenvalue weighted by molar-refractivity contribution is -0.158. The number of H-pyrrole nitrogens is 2. The number of nitrogens with one attached hydrogen (secondary N) is 2. The quantitative estimate of drug-likeness (QED) is 0.573. The van der Waals surface area contributed by atoms with Gasteiger partial charge in [-0.25, -0.2) is 0 Å². The highest BCUT2D eigenvalue weighted by molar-refractivity contribution is 6.30. The van der Waals surface area contributed by atoms with E-state index in [0.29, 0.717) is 21.8 Å². The summed E-state index contributed by atoms with van der Waals surface area (Å²) in [6.07, 6.45) is 1.60. The van der Waals surface area contributed by atoms with Crippen molar-refractivity contribution < 1.29 is 14.6 Å². The molecular formula is C18H19ClN2O4. The first-order valence-corrected chi connectivity index (χ1v) is 8.27. The zero-order valence-corrected chi connectivity index (χ0v) is 14.5. The number of hydrogen-bond acceptors (Lipinski definition) is 4. The fraction of sp³-hybridized carbons (Fsp3) is 0.333. The van der Waals surface area contributed by atoms with Crippen LogP contribution in [0, 0.1) is 5.92 Å². The van der Waals surface area contributed by atoms with Crippen LogP contribution in [0.4, 0.5) is 0 Å². The van der Waals surface area contributed by atoms with Crippen molar-refractivity contribution in [1.29, 1.82) is 0 Å². The van der Waals surface area contributed by atoms with Crippen molar-refractivity contribution in [2.45, 2.75) is 24.9 Å². The summed E-state index contributed by atoms with van der Waals surface area (Å²) < 4.78 is 5.21. The largest absolute Gasteiger partial charge is 0.461 e. The van der Waals surface area contributed by atoms with Gasteiger partial charge in [-0.2, -0.15) is 0 Å². The normalized spacial score (nSPS) is 25.2. The molecule has 0 saturated heterocycles. The Labute approximate surface area is 149 Å². The lowest BCUT2D eigenvalue weighted by Crippen LogP contribution is -2.50. The highest BCUT2D eigenvalue weighted by atomic mass is 35.5. The first kappa shape index (κ1) is 17.5. The fourth-order valence-corrected chi connectivity index (χ4v) is 3.64. The molecule has 3 rings (SSSR count). The van der Waals surface area contributed by atoms with Gasteiger partial charge in [0.05, 0.1) is 11.5 Å². The maximum Gasteiger partial charge on any atom is 0.313 e. The highest BCUT2D eigenvalue weighted by Crippen LogP contribution is 2.44. The summed E-state index contributed by atoms with van der Waals surface area (Å²) >= 11 is 5.96. The third kappa shape index (κ3) is 3.15. The van der Waals surface area contributed by atoms with Crippen molar-refractivity contribution in [3.05, 3.63) is 69.1 Å². The van der Waals surface area contributed by atoms with E-state index in [1.807, 2.05) is 0 Å². The van der Waals surface area contributed by atoms with E-state index < -0.39 is 23.4 Å². The number of carbonyl (C=O) groups excluding carboxylic acids is 1. The van der Waals surface area contributed by atoms with Crippen LogP contribution in [-0.4, -0.2) is 33.5 Å². The van der Waals surface area contributed by atoms with Crippen molar-refractivity contribution in [2.75, 3.05) is 6.61 Å². The van der Waals surface area contributed by atoms with Crippen LogP contribution < -0.4 is 5.56 Å². The van der Waals surface area contributed by atoms with Gasteiger partial charge in [-0.1, -0.05) is 36.4 Å². The lowest BCUT2D eigenvalue weighted by atomic mass is 9.66. The molecule has 2 aromatic rings. The second-order valence-electron chi connectivity index (χ2n) is 6.43. The Morgan fingerprint density at radius 2 is 2.12 bits per heavy atom. The summed E-state index contributed by atoms with van der Waals surface area (Å²) in [5.41, 5.74) is 0.0288. The smallest absolute Gasteiger partial charge is 0.313 e. The SMILES string of the molecule is C=CCOC(=O)[C@@H]1[C@@H](c2ccc(Cl)cc2)c2c([nH][nH]c2=O)C[C@]1(C)O. The van der Waals surface area contributed by atoms with Crippen LogP contribution in [0.15, 0.2) is 41.7 Å². The molecule has 3 N–H and O–H groups in total. The summed E-state index contributed by atoms with van der Waals surface area (Å²) in [6.45, 7) is 5.14. The van der Waals surface area contributed by atoms with Crippen molar-refractivity contribution in [2.24, 2.45) is 5.92 Å². The Morgan fingerprint density at radius 1 is 1.44 bits per heavy atom. The molecule has 0 spiro atoms. The number of fused-ring (bicyclic) bond motifs is 1. The molecule has 3 atom stereocenters. The number of halogens is 1. The molecular weight excluding hydrogens is 344 g/mol. The average molecular weight is 363 g/mol. The topological polar surface area (TPSA) is 95.2 Å². The first-order chi connectivity index (χ1) is 11.8. The Bertz CT molecular complexity index is 851. The molecule has 0 aliphatic heterocycles. The molecule has 7 heteroatoms. The third-order valence-corrected chi connectivity index (χ3v) is 4.82. The maximum absolute atomic E-state index is 12.7. The van der Waals surface area contributed by atoms with Crippen molar-refractivity contribution in [3.8, 4) is 0 Å². The van der Waals surface area contributed by atoms with E-state index in [-0.39, 0.29) is 18.6 Å². The molecule has 1 aromatic heterocycles. The zero-order chi connectivity index (χ0) is 18.2. The summed E-state index contributed by atoms with van der Waals surface area (Å²) in [6, 6.07) is 6.87. The molecule has 0 bridgehead atoms. The monoisotopic (exact) mass is 362 g/mol. The van der Waals surface area contributed by atoms with Crippen LogP contribution in [0.1, 0.15) is 29.7 Å². The van der Waals surface area contributed by atoms with Crippen molar-refractivity contribution in [1.82, 2.24) is 10.2 Å². The van der Waals surface area contributed by atoms with Crippen LogP contribution in [0.25, 0.3) is 0 Å². The van der Waals surface area contributed by atoms with Crippen LogP contribution >= 0.6 is 11.6 Å². The Balaban J connectivity index is 2.16. The molecule has 1 aromatic carbocycles. The number of hydrogen-bond donors (Lipinski definition) is 3. The minimum Gasteiger partial charge on any atom is -0.461 e. The maximum atomic E-state index is 12.7.